The van der Waals surface area contributed by atoms with Gasteiger partial charge in [-0.2, -0.15) is 0 Å². The lowest BCUT2D eigenvalue weighted by Crippen LogP contribution is -2.63. The molecule has 0 spiro atoms. The van der Waals surface area contributed by atoms with Gasteiger partial charge in [-0.15, -0.1) is 0 Å². The van der Waals surface area contributed by atoms with Crippen LogP contribution in [0.1, 0.15) is 97.7 Å². The standard InChI is InChI=1S/C35H50N4O7/c1-33(2,3)27(37-32(45)38-35(16-10-7-11-17-35)28(41)21-12-8-6-9-13-21)30(43)39-19-22-24(34(22,4)5)25(39)31(44)46-23(18-20-14-15-20)26(40)29(36)42/h6,8-9,12-13,20,22-25,27-28,41H,7,10-11,14-19H2,1-5H3,(H2,36,42)(H2,37,38,45)/t22-,23?,24?,25?,27?,28?/m0/s1. The zero-order valence-corrected chi connectivity index (χ0v) is 27.7. The number of carbonyl (C=O) groups is 5. The lowest BCUT2D eigenvalue weighted by molar-refractivity contribution is -0.165. The maximum absolute atomic E-state index is 14.3. The molecule has 5 rings (SSSR count). The molecule has 11 nitrogen and oxygen atoms in total. The molecule has 1 aromatic carbocycles. The minimum atomic E-state index is -1.28. The molecular formula is C35H50N4O7. The van der Waals surface area contributed by atoms with Crippen LogP contribution in [0.3, 0.4) is 0 Å². The highest BCUT2D eigenvalue weighted by molar-refractivity contribution is 6.37. The van der Waals surface area contributed by atoms with Gasteiger partial charge in [-0.3, -0.25) is 14.4 Å². The number of nitrogens with one attached hydrogen (secondary N) is 2. The van der Waals surface area contributed by atoms with Gasteiger partial charge >= 0.3 is 12.0 Å². The van der Waals surface area contributed by atoms with Gasteiger partial charge in [-0.05, 0) is 47.5 Å². The highest BCUT2D eigenvalue weighted by Gasteiger charge is 2.70. The first-order chi connectivity index (χ1) is 21.6. The van der Waals surface area contributed by atoms with Crippen LogP contribution in [-0.2, 0) is 23.9 Å². The number of Topliss-reactive ketones (excluding diaryl/α,β-unsaturated/α-hetero) is 1. The summed E-state index contributed by atoms with van der Waals surface area (Å²) in [5.41, 5.74) is 4.13. The van der Waals surface area contributed by atoms with Gasteiger partial charge in [0.2, 0.25) is 5.91 Å². The van der Waals surface area contributed by atoms with E-state index >= 15 is 0 Å². The second-order valence-corrected chi connectivity index (χ2v) is 15.6. The van der Waals surface area contributed by atoms with Gasteiger partial charge in [0.05, 0.1) is 5.54 Å². The Labute approximate surface area is 271 Å². The molecule has 4 fully saturated rings. The predicted octanol–water partition coefficient (Wildman–Crippen LogP) is 3.39. The number of amides is 4. The van der Waals surface area contributed by atoms with Crippen molar-refractivity contribution in [2.24, 2.45) is 34.3 Å². The summed E-state index contributed by atoms with van der Waals surface area (Å²) in [7, 11) is 0. The van der Waals surface area contributed by atoms with Crippen LogP contribution < -0.4 is 16.4 Å². The van der Waals surface area contributed by atoms with Gasteiger partial charge < -0.3 is 31.1 Å². The van der Waals surface area contributed by atoms with E-state index in [4.69, 9.17) is 10.5 Å². The molecule has 1 aromatic rings. The predicted molar refractivity (Wildman–Crippen MR) is 170 cm³/mol. The van der Waals surface area contributed by atoms with Crippen molar-refractivity contribution in [1.29, 1.82) is 0 Å². The van der Waals surface area contributed by atoms with Crippen molar-refractivity contribution in [3.05, 3.63) is 35.9 Å². The molecule has 11 heteroatoms. The number of ketones is 1. The van der Waals surface area contributed by atoms with Crippen molar-refractivity contribution in [3.8, 4) is 0 Å². The Hall–Kier alpha value is -3.47. The second kappa shape index (κ2) is 12.6. The fraction of sp³-hybridized carbons (Fsp3) is 0.686. The molecular weight excluding hydrogens is 588 g/mol. The van der Waals surface area contributed by atoms with Crippen LogP contribution in [0, 0.1) is 28.6 Å². The molecule has 1 heterocycles. The molecule has 0 bridgehead atoms. The van der Waals surface area contributed by atoms with E-state index in [1.807, 2.05) is 65.0 Å². The van der Waals surface area contributed by atoms with E-state index in [1.165, 1.54) is 4.90 Å². The van der Waals surface area contributed by atoms with E-state index in [1.54, 1.807) is 0 Å². The maximum Gasteiger partial charge on any atom is 0.329 e. The fourth-order valence-electron chi connectivity index (χ4n) is 7.83. The summed E-state index contributed by atoms with van der Waals surface area (Å²) in [5, 5.41) is 17.5. The highest BCUT2D eigenvalue weighted by atomic mass is 16.5. The fourth-order valence-corrected chi connectivity index (χ4v) is 7.83. The molecule has 5 N–H and O–H groups in total. The van der Waals surface area contributed by atoms with E-state index in [0.717, 1.165) is 32.1 Å². The zero-order valence-electron chi connectivity index (χ0n) is 27.7. The summed E-state index contributed by atoms with van der Waals surface area (Å²) in [6, 6.07) is 6.72. The number of nitrogens with zero attached hydrogens (tertiary/aromatic N) is 1. The molecule has 4 aliphatic rings. The van der Waals surface area contributed by atoms with E-state index in [0.29, 0.717) is 24.9 Å². The molecule has 0 aromatic heterocycles. The van der Waals surface area contributed by atoms with Crippen molar-refractivity contribution >= 4 is 29.6 Å². The topological polar surface area (TPSA) is 168 Å². The van der Waals surface area contributed by atoms with Crippen LogP contribution in [-0.4, -0.2) is 69.9 Å². The molecule has 3 saturated carbocycles. The van der Waals surface area contributed by atoms with Crippen molar-refractivity contribution < 1.29 is 33.8 Å². The van der Waals surface area contributed by atoms with Crippen molar-refractivity contribution in [2.75, 3.05) is 6.54 Å². The normalized spacial score (nSPS) is 26.6. The Morgan fingerprint density at radius 2 is 1.67 bits per heavy atom. The Bertz CT molecular complexity index is 1350. The number of hydrogen-bond donors (Lipinski definition) is 4. The molecule has 4 amide bonds. The van der Waals surface area contributed by atoms with Crippen LogP contribution in [0.25, 0.3) is 0 Å². The van der Waals surface area contributed by atoms with Crippen LogP contribution >= 0.6 is 0 Å². The smallest absolute Gasteiger partial charge is 0.329 e. The Kier molecular flexibility index (Phi) is 9.29. The first-order valence-corrected chi connectivity index (χ1v) is 16.7. The molecule has 6 atom stereocenters. The number of ether oxygens (including phenoxy) is 1. The number of fused-ring (bicyclic) bond motifs is 1. The maximum atomic E-state index is 14.3. The monoisotopic (exact) mass is 638 g/mol. The largest absolute Gasteiger partial charge is 0.452 e. The molecule has 252 valence electrons. The van der Waals surface area contributed by atoms with Crippen molar-refractivity contribution in [3.63, 3.8) is 0 Å². The summed E-state index contributed by atoms with van der Waals surface area (Å²) in [6.07, 6.45) is 3.69. The average Bonchev–Trinajstić information content (AvgIpc) is 3.86. The number of aliphatic hydroxyl groups excluding tert-OH is 1. The van der Waals surface area contributed by atoms with Crippen LogP contribution in [0.15, 0.2) is 30.3 Å². The van der Waals surface area contributed by atoms with Gasteiger partial charge in [-0.1, -0.05) is 97.1 Å². The first-order valence-electron chi connectivity index (χ1n) is 16.7. The van der Waals surface area contributed by atoms with E-state index in [2.05, 4.69) is 10.6 Å². The van der Waals surface area contributed by atoms with Gasteiger partial charge in [-0.25, -0.2) is 9.59 Å². The van der Waals surface area contributed by atoms with Crippen LogP contribution in [0.2, 0.25) is 0 Å². The third-order valence-electron chi connectivity index (χ3n) is 10.9. The van der Waals surface area contributed by atoms with E-state index < -0.39 is 64.8 Å². The quantitative estimate of drug-likeness (QED) is 0.213. The number of nitrogens with two attached hydrogens (primary N) is 1. The molecule has 46 heavy (non-hydrogen) atoms. The minimum Gasteiger partial charge on any atom is -0.452 e. The average molecular weight is 639 g/mol. The molecule has 1 saturated heterocycles. The van der Waals surface area contributed by atoms with E-state index in [9.17, 15) is 29.1 Å². The number of likely N-dealkylation sites (tertiary alicyclic amines) is 1. The summed E-state index contributed by atoms with van der Waals surface area (Å²) >= 11 is 0. The van der Waals surface area contributed by atoms with Crippen molar-refractivity contribution in [2.45, 2.75) is 116 Å². The van der Waals surface area contributed by atoms with Gasteiger partial charge in [0.25, 0.3) is 11.7 Å². The highest BCUT2D eigenvalue weighted by Crippen LogP contribution is 2.65. The summed E-state index contributed by atoms with van der Waals surface area (Å²) in [6.45, 7) is 9.91. The summed E-state index contributed by atoms with van der Waals surface area (Å²) in [4.78, 5) is 67.7. The van der Waals surface area contributed by atoms with Crippen LogP contribution in [0.4, 0.5) is 4.79 Å². The van der Waals surface area contributed by atoms with Crippen molar-refractivity contribution in [1.82, 2.24) is 15.5 Å². The molecule has 3 aliphatic carbocycles. The number of rotatable bonds is 11. The Balaban J connectivity index is 1.35. The number of aliphatic hydroxyl groups is 1. The minimum absolute atomic E-state index is 0.0451. The second-order valence-electron chi connectivity index (χ2n) is 15.6. The lowest BCUT2D eigenvalue weighted by atomic mass is 9.75. The number of esters is 1. The third-order valence-corrected chi connectivity index (χ3v) is 10.9. The lowest BCUT2D eigenvalue weighted by Gasteiger charge is -2.43. The zero-order chi connectivity index (χ0) is 33.6. The SMILES string of the molecule is CC(C)(C)C(NC(=O)NC1(C(O)c2ccccc2)CCCCC1)C(=O)N1C[C@H]2C(C1C(=O)OC(CC1CC1)C(=O)C(N)=O)C2(C)C. The van der Waals surface area contributed by atoms with Gasteiger partial charge in [0, 0.05) is 12.5 Å². The Morgan fingerprint density at radius 3 is 2.24 bits per heavy atom. The molecule has 5 unspecified atom stereocenters. The van der Waals surface area contributed by atoms with Gasteiger partial charge in [0.15, 0.2) is 6.10 Å². The number of benzene rings is 1. The summed E-state index contributed by atoms with van der Waals surface area (Å²) in [5.74, 6) is -3.20. The third kappa shape index (κ3) is 6.80. The van der Waals surface area contributed by atoms with Crippen LogP contribution in [0.5, 0.6) is 0 Å². The number of primary amides is 1. The molecule has 1 aliphatic heterocycles. The molecule has 0 radical (unpaired) electrons. The Morgan fingerprint density at radius 1 is 1.04 bits per heavy atom. The number of carbonyl (C=O) groups excluding carboxylic acids is 5. The number of urea groups is 1. The van der Waals surface area contributed by atoms with E-state index in [-0.39, 0.29) is 29.6 Å². The number of piperidine rings is 1. The van der Waals surface area contributed by atoms with Gasteiger partial charge in [0.1, 0.15) is 18.2 Å². The number of hydrogen-bond acceptors (Lipinski definition) is 7. The summed E-state index contributed by atoms with van der Waals surface area (Å²) < 4.78 is 5.70. The first kappa shape index (κ1) is 33.9.